The van der Waals surface area contributed by atoms with Gasteiger partial charge in [0.2, 0.25) is 0 Å². The molecule has 2 aliphatic rings. The predicted octanol–water partition coefficient (Wildman–Crippen LogP) is 5.31. The SMILES string of the molecule is COC(=O)C1C(C)=NC(C)=C(C(=O)OCCCOc2ccc(CCOC3CCCCO3)cc2)C1c1cccc([N+](=O)[O-])c1. The van der Waals surface area contributed by atoms with Crippen molar-refractivity contribution in [3.63, 3.8) is 0 Å². The highest BCUT2D eigenvalue weighted by atomic mass is 16.7. The fourth-order valence-electron chi connectivity index (χ4n) is 5.32. The first kappa shape index (κ1) is 31.8. The van der Waals surface area contributed by atoms with Crippen LogP contribution in [0.15, 0.2) is 64.8 Å². The molecule has 3 unspecified atom stereocenters. The second-order valence-electron chi connectivity index (χ2n) is 10.5. The van der Waals surface area contributed by atoms with E-state index >= 15 is 0 Å². The van der Waals surface area contributed by atoms with Crippen molar-refractivity contribution < 1.29 is 38.2 Å². The maximum Gasteiger partial charge on any atom is 0.336 e. The molecule has 3 atom stereocenters. The highest BCUT2D eigenvalue weighted by Crippen LogP contribution is 2.41. The van der Waals surface area contributed by atoms with Crippen LogP contribution in [0.1, 0.15) is 56.6 Å². The lowest BCUT2D eigenvalue weighted by Crippen LogP contribution is -2.36. The van der Waals surface area contributed by atoms with E-state index in [1.807, 2.05) is 24.3 Å². The minimum absolute atomic E-state index is 0.0710. The van der Waals surface area contributed by atoms with Crippen LogP contribution in [0, 0.1) is 16.0 Å². The summed E-state index contributed by atoms with van der Waals surface area (Å²) >= 11 is 0. The Morgan fingerprint density at radius 2 is 1.86 bits per heavy atom. The number of hydrogen-bond donors (Lipinski definition) is 0. The van der Waals surface area contributed by atoms with Crippen molar-refractivity contribution in [1.82, 2.24) is 0 Å². The van der Waals surface area contributed by atoms with Crippen LogP contribution < -0.4 is 4.74 Å². The van der Waals surface area contributed by atoms with Crippen molar-refractivity contribution >= 4 is 23.3 Å². The Kier molecular flexibility index (Phi) is 11.4. The normalized spacial score (nSPS) is 20.3. The third-order valence-electron chi connectivity index (χ3n) is 7.49. The minimum atomic E-state index is -0.934. The number of benzene rings is 2. The molecule has 2 aromatic carbocycles. The van der Waals surface area contributed by atoms with E-state index in [1.54, 1.807) is 19.9 Å². The Hall–Kier alpha value is -4.09. The van der Waals surface area contributed by atoms with E-state index in [1.165, 1.54) is 25.3 Å². The van der Waals surface area contributed by atoms with Crippen LogP contribution in [0.3, 0.4) is 0 Å². The Balaban J connectivity index is 1.31. The van der Waals surface area contributed by atoms with Gasteiger partial charge in [0.15, 0.2) is 6.29 Å². The molecule has 43 heavy (non-hydrogen) atoms. The topological polar surface area (TPSA) is 136 Å². The van der Waals surface area contributed by atoms with Gasteiger partial charge in [0.1, 0.15) is 11.7 Å². The standard InChI is InChI=1S/C32H38N2O9/c1-21-28(31(35)39-3)30(24-8-6-9-25(20-24)34(37)38)29(22(2)33-21)32(36)43-18-7-17-40-26-13-11-23(12-14-26)15-19-42-27-10-4-5-16-41-27/h6,8-9,11-14,20,27-28,30H,4-5,7,10,15-19H2,1-3H3. The van der Waals surface area contributed by atoms with E-state index in [2.05, 4.69) is 4.99 Å². The summed E-state index contributed by atoms with van der Waals surface area (Å²) < 4.78 is 27.8. The van der Waals surface area contributed by atoms with Crippen molar-refractivity contribution in [2.75, 3.05) is 33.5 Å². The zero-order chi connectivity index (χ0) is 30.8. The number of nitrogens with zero attached hydrogens (tertiary/aromatic N) is 2. The lowest BCUT2D eigenvalue weighted by molar-refractivity contribution is -0.384. The molecule has 0 amide bonds. The smallest absolute Gasteiger partial charge is 0.336 e. The van der Waals surface area contributed by atoms with Gasteiger partial charge in [-0.3, -0.25) is 19.9 Å². The molecule has 0 radical (unpaired) electrons. The third kappa shape index (κ3) is 8.48. The number of esters is 2. The fraction of sp³-hybridized carbons (Fsp3) is 0.469. The lowest BCUT2D eigenvalue weighted by atomic mass is 9.75. The first-order chi connectivity index (χ1) is 20.8. The molecule has 0 bridgehead atoms. The number of non-ortho nitro benzene ring substituents is 1. The summed E-state index contributed by atoms with van der Waals surface area (Å²) in [5.41, 5.74) is 2.39. The maximum absolute atomic E-state index is 13.3. The number of nitro benzene ring substituents is 1. The van der Waals surface area contributed by atoms with Gasteiger partial charge in [-0.1, -0.05) is 24.3 Å². The predicted molar refractivity (Wildman–Crippen MR) is 158 cm³/mol. The van der Waals surface area contributed by atoms with E-state index < -0.39 is 28.7 Å². The third-order valence-corrected chi connectivity index (χ3v) is 7.49. The molecule has 0 spiro atoms. The van der Waals surface area contributed by atoms with Gasteiger partial charge < -0.3 is 23.7 Å². The molecular weight excluding hydrogens is 556 g/mol. The number of rotatable bonds is 13. The number of ether oxygens (including phenoxy) is 5. The molecule has 2 aromatic rings. The highest BCUT2D eigenvalue weighted by Gasteiger charge is 2.42. The largest absolute Gasteiger partial charge is 0.493 e. The van der Waals surface area contributed by atoms with Gasteiger partial charge >= 0.3 is 11.9 Å². The second kappa shape index (κ2) is 15.4. The summed E-state index contributed by atoms with van der Waals surface area (Å²) in [6.45, 7) is 5.07. The first-order valence-corrected chi connectivity index (χ1v) is 14.5. The van der Waals surface area contributed by atoms with Crippen LogP contribution in [0.2, 0.25) is 0 Å². The number of nitro groups is 1. The first-order valence-electron chi connectivity index (χ1n) is 14.5. The van der Waals surface area contributed by atoms with Crippen molar-refractivity contribution in [1.29, 1.82) is 0 Å². The van der Waals surface area contributed by atoms with Gasteiger partial charge in [0.05, 0.1) is 37.4 Å². The van der Waals surface area contributed by atoms with Gasteiger partial charge in [0, 0.05) is 42.5 Å². The molecule has 0 aliphatic carbocycles. The Morgan fingerprint density at radius 3 is 2.56 bits per heavy atom. The van der Waals surface area contributed by atoms with Crippen LogP contribution in [0.4, 0.5) is 5.69 Å². The zero-order valence-corrected chi connectivity index (χ0v) is 24.8. The monoisotopic (exact) mass is 594 g/mol. The molecule has 0 aromatic heterocycles. The van der Waals surface area contributed by atoms with Gasteiger partial charge in [-0.2, -0.15) is 0 Å². The molecule has 230 valence electrons. The number of hydrogen-bond acceptors (Lipinski definition) is 10. The number of aliphatic imine (C=N–C) groups is 1. The van der Waals surface area contributed by atoms with Crippen LogP contribution in [0.5, 0.6) is 5.75 Å². The van der Waals surface area contributed by atoms with Crippen molar-refractivity contribution in [3.05, 3.63) is 81.0 Å². The zero-order valence-electron chi connectivity index (χ0n) is 24.8. The van der Waals surface area contributed by atoms with Crippen molar-refractivity contribution in [2.24, 2.45) is 10.9 Å². The van der Waals surface area contributed by atoms with Crippen molar-refractivity contribution in [3.8, 4) is 5.75 Å². The summed E-state index contributed by atoms with van der Waals surface area (Å²) in [6, 6.07) is 13.6. The molecule has 1 saturated heterocycles. The highest BCUT2D eigenvalue weighted by molar-refractivity contribution is 6.07. The Bertz CT molecular complexity index is 1350. The molecule has 0 N–H and O–H groups in total. The minimum Gasteiger partial charge on any atom is -0.493 e. The van der Waals surface area contributed by atoms with E-state index in [0.717, 1.165) is 37.9 Å². The molecule has 4 rings (SSSR count). The number of allylic oxidation sites excluding steroid dienone is 1. The van der Waals surface area contributed by atoms with Gasteiger partial charge in [-0.25, -0.2) is 4.79 Å². The van der Waals surface area contributed by atoms with E-state index in [9.17, 15) is 19.7 Å². The van der Waals surface area contributed by atoms with Crippen LogP contribution >= 0.6 is 0 Å². The summed E-state index contributed by atoms with van der Waals surface area (Å²) in [5, 5.41) is 11.4. The lowest BCUT2D eigenvalue weighted by Gasteiger charge is -2.31. The van der Waals surface area contributed by atoms with Gasteiger partial charge in [0.25, 0.3) is 5.69 Å². The molecule has 2 heterocycles. The van der Waals surface area contributed by atoms with Gasteiger partial charge in [-0.05, 0) is 62.8 Å². The van der Waals surface area contributed by atoms with E-state index in [0.29, 0.717) is 42.4 Å². The van der Waals surface area contributed by atoms with E-state index in [-0.39, 0.29) is 24.2 Å². The number of carbonyl (C=O) groups excluding carboxylic acids is 2. The van der Waals surface area contributed by atoms with Crippen molar-refractivity contribution in [2.45, 2.75) is 58.2 Å². The number of methoxy groups -OCH3 is 1. The fourth-order valence-corrected chi connectivity index (χ4v) is 5.32. The molecule has 2 aliphatic heterocycles. The summed E-state index contributed by atoms with van der Waals surface area (Å²) in [5.74, 6) is -2.33. The molecule has 1 fully saturated rings. The Morgan fingerprint density at radius 1 is 1.07 bits per heavy atom. The molecular formula is C32H38N2O9. The summed E-state index contributed by atoms with van der Waals surface area (Å²) in [7, 11) is 1.25. The van der Waals surface area contributed by atoms with Crippen LogP contribution in [-0.4, -0.2) is 62.4 Å². The van der Waals surface area contributed by atoms with Gasteiger partial charge in [-0.15, -0.1) is 0 Å². The number of carbonyl (C=O) groups is 2. The molecule has 0 saturated carbocycles. The second-order valence-corrected chi connectivity index (χ2v) is 10.5. The molecule has 11 nitrogen and oxygen atoms in total. The maximum atomic E-state index is 13.3. The average Bonchev–Trinajstić information content (AvgIpc) is 3.01. The van der Waals surface area contributed by atoms with E-state index in [4.69, 9.17) is 23.7 Å². The van der Waals surface area contributed by atoms with Crippen LogP contribution in [-0.2, 0) is 35.0 Å². The summed E-state index contributed by atoms with van der Waals surface area (Å²) in [6.07, 6.45) is 4.29. The van der Waals surface area contributed by atoms with Crippen LogP contribution in [0.25, 0.3) is 0 Å². The average molecular weight is 595 g/mol. The Labute approximate surface area is 251 Å². The molecule has 11 heteroatoms. The summed E-state index contributed by atoms with van der Waals surface area (Å²) in [4.78, 5) is 41.5. The quantitative estimate of drug-likeness (QED) is 0.131.